The Balaban J connectivity index is 0.830. The minimum atomic E-state index is -1.92. The van der Waals surface area contributed by atoms with Crippen LogP contribution in [0.25, 0.3) is 0 Å². The molecule has 97 heavy (non-hydrogen) atoms. The Labute approximate surface area is 561 Å². The smallest absolute Gasteiger partial charge is 0.338 e. The van der Waals surface area contributed by atoms with Crippen LogP contribution >= 0.6 is 0 Å². The number of methoxy groups -OCH3 is 2. The average molecular weight is 1390 g/mol. The Hall–Kier alpha value is -3.79. The van der Waals surface area contributed by atoms with Crippen LogP contribution in [0.15, 0.2) is 29.8 Å². The fourth-order valence-corrected chi connectivity index (χ4v) is 16.7. The van der Waals surface area contributed by atoms with Crippen molar-refractivity contribution in [3.8, 4) is 11.5 Å². The van der Waals surface area contributed by atoms with Crippen LogP contribution in [0.1, 0.15) is 110 Å². The number of hydrogen-bond donors (Lipinski definition) is 14. The van der Waals surface area contributed by atoms with Gasteiger partial charge in [-0.25, -0.2) is 4.79 Å². The third-order valence-corrected chi connectivity index (χ3v) is 22.4. The molecule has 31 nitrogen and oxygen atoms in total. The first-order chi connectivity index (χ1) is 45.9. The standard InChI is InChI=1S/C66H100O31/c1-27(2)9-13-36(70)28(3)66(83)44(94-63-57(89-29(4)69)54(38(72)25-87-63)96-62-56(45(73)37(71)24-86-62)95-58(82)30-10-14-39(84-7)40(19-30)85-8)21-35-33-12-11-31-20-32(15-17-64(31,5)34(33)16-18-65(35,66)6)90-60-51(79)49(77)47(75)43(93-60)26-88-59-53(81)50(78)55(42(23-68)92-59)97-61-52(80)48(76)46(74)41(22-67)91-61/h10-11,14,19,27-28,32-35,37-38,41-57,59-63,67-68,71-81,83H,9,12-13,15-18,20-26H2,1-8H3/t28-,32-,33+,34-,35-,37+,38-,41+,42+,43+,44-,45-,46+,47+,48-,49-,50?,51+,52+,53?,54-,55+,56+,57+,59+,60+,61-,62-,63-,64-,65-,66+/m0/s1. The number of aliphatic hydroxyl groups excluding tert-OH is 13. The van der Waals surface area contributed by atoms with E-state index in [1.54, 1.807) is 6.92 Å². The summed E-state index contributed by atoms with van der Waals surface area (Å²) in [6, 6.07) is 4.21. The first kappa shape index (κ1) is 75.9. The lowest BCUT2D eigenvalue weighted by atomic mass is 9.46. The molecule has 8 fully saturated rings. The van der Waals surface area contributed by atoms with Gasteiger partial charge < -0.3 is 138 Å². The Kier molecular flexibility index (Phi) is 24.3. The number of ether oxygens (including phenoxy) is 14. The monoisotopic (exact) mass is 1390 g/mol. The van der Waals surface area contributed by atoms with Crippen molar-refractivity contribution in [3.63, 3.8) is 0 Å². The zero-order valence-corrected chi connectivity index (χ0v) is 55.7. The number of aliphatic hydroxyl groups is 14. The fourth-order valence-electron chi connectivity index (χ4n) is 16.7. The van der Waals surface area contributed by atoms with E-state index in [9.17, 15) is 85.9 Å². The summed E-state index contributed by atoms with van der Waals surface area (Å²) in [5.74, 6) is -2.59. The number of rotatable bonds is 23. The van der Waals surface area contributed by atoms with Crippen LogP contribution in [0.4, 0.5) is 0 Å². The highest BCUT2D eigenvalue weighted by molar-refractivity contribution is 5.90. The molecule has 5 heterocycles. The summed E-state index contributed by atoms with van der Waals surface area (Å²) in [5, 5.41) is 154. The Bertz CT molecular complexity index is 2860. The topological polar surface area (TPSA) is 464 Å². The van der Waals surface area contributed by atoms with E-state index in [4.69, 9.17) is 66.3 Å². The Morgan fingerprint density at radius 1 is 0.619 bits per heavy atom. The van der Waals surface area contributed by atoms with Gasteiger partial charge in [0.05, 0.1) is 65.0 Å². The summed E-state index contributed by atoms with van der Waals surface area (Å²) in [6.07, 6.45) is -33.9. The molecular weight excluding hydrogens is 1290 g/mol. The third kappa shape index (κ3) is 14.8. The van der Waals surface area contributed by atoms with Crippen LogP contribution in [-0.4, -0.2) is 296 Å². The number of esters is 2. The predicted molar refractivity (Wildman–Crippen MR) is 326 cm³/mol. The number of benzene rings is 1. The molecule has 9 aliphatic rings. The number of Topliss-reactive ketones (excluding diaryl/α,β-unsaturated/α-hetero) is 1. The SMILES string of the molecule is COc1ccc(C(=O)O[C@H]2[C@H](O[C@@H]3[C@@H](OC(C)=O)[C@H](O[C@H]4C[C@H]5[C@@H]6CC=C7C[C@@H](O[C@@H]8O[C@H](CO[C@@H]9O[C@H](CO)[C@@H](O[C@@H]%10O[C@H](CO)[C@@H](O)[C@H](O)[C@H]%10O)C(O)C9O)[C@@H](O)[C@H](O)[C@H]8O)CC[C@]7(C)[C@H]6CC[C@]5(C)[C@@]4(O)[C@@H](C)C(=O)CCC(C)C)OC[C@@H]3O)OC[C@@H](O)[C@@H]2O)cc1OC. The summed E-state index contributed by atoms with van der Waals surface area (Å²) in [5.41, 5.74) is -2.17. The van der Waals surface area contributed by atoms with Gasteiger partial charge in [-0.1, -0.05) is 46.3 Å². The van der Waals surface area contributed by atoms with E-state index in [0.717, 1.165) is 12.5 Å². The second-order valence-corrected chi connectivity index (χ2v) is 28.5. The second kappa shape index (κ2) is 31.0. The van der Waals surface area contributed by atoms with Gasteiger partial charge in [0.2, 0.25) is 0 Å². The van der Waals surface area contributed by atoms with Gasteiger partial charge in [-0.05, 0) is 98.7 Å². The summed E-state index contributed by atoms with van der Waals surface area (Å²) < 4.78 is 82.6. The van der Waals surface area contributed by atoms with E-state index < -0.39 is 221 Å². The van der Waals surface area contributed by atoms with Crippen LogP contribution in [0, 0.1) is 40.4 Å². The van der Waals surface area contributed by atoms with Gasteiger partial charge in [-0.2, -0.15) is 0 Å². The Morgan fingerprint density at radius 2 is 1.23 bits per heavy atom. The number of carbonyl (C=O) groups is 3. The van der Waals surface area contributed by atoms with Gasteiger partial charge in [0.25, 0.3) is 0 Å². The molecule has 0 radical (unpaired) electrons. The number of hydrogen-bond acceptors (Lipinski definition) is 31. The molecule has 1 aromatic rings. The molecule has 3 saturated carbocycles. The molecule has 0 amide bonds. The maximum absolute atomic E-state index is 14.5. The summed E-state index contributed by atoms with van der Waals surface area (Å²) in [7, 11) is 2.79. The van der Waals surface area contributed by atoms with Crippen molar-refractivity contribution < 1.29 is 152 Å². The van der Waals surface area contributed by atoms with Gasteiger partial charge in [0.1, 0.15) is 109 Å². The van der Waals surface area contributed by atoms with Crippen molar-refractivity contribution in [2.24, 2.45) is 40.4 Å². The molecule has 32 atom stereocenters. The predicted octanol–water partition coefficient (Wildman–Crippen LogP) is -2.49. The summed E-state index contributed by atoms with van der Waals surface area (Å²) in [6.45, 7) is 7.84. The zero-order chi connectivity index (χ0) is 70.5. The number of ketones is 1. The van der Waals surface area contributed by atoms with Crippen molar-refractivity contribution in [3.05, 3.63) is 35.4 Å². The van der Waals surface area contributed by atoms with Crippen molar-refractivity contribution in [1.82, 2.24) is 0 Å². The molecular formula is C66H100O31. The lowest BCUT2D eigenvalue weighted by Crippen LogP contribution is -2.65. The van der Waals surface area contributed by atoms with Crippen LogP contribution < -0.4 is 9.47 Å². The Morgan fingerprint density at radius 3 is 1.88 bits per heavy atom. The molecule has 0 spiro atoms. The molecule has 5 saturated heterocycles. The second-order valence-electron chi connectivity index (χ2n) is 28.5. The number of allylic oxidation sites excluding steroid dienone is 1. The zero-order valence-electron chi connectivity index (χ0n) is 55.7. The van der Waals surface area contributed by atoms with E-state index in [2.05, 4.69) is 13.0 Å². The van der Waals surface area contributed by atoms with Gasteiger partial charge in [0.15, 0.2) is 55.2 Å². The van der Waals surface area contributed by atoms with Crippen LogP contribution in [0.3, 0.4) is 0 Å². The largest absolute Gasteiger partial charge is 0.493 e. The highest BCUT2D eigenvalue weighted by atomic mass is 16.8. The van der Waals surface area contributed by atoms with Crippen molar-refractivity contribution >= 4 is 17.7 Å². The van der Waals surface area contributed by atoms with Crippen LogP contribution in [-0.2, 0) is 66.4 Å². The minimum absolute atomic E-state index is 0.0253. The summed E-state index contributed by atoms with van der Waals surface area (Å²) in [4.78, 5) is 41.3. The highest BCUT2D eigenvalue weighted by Crippen LogP contribution is 2.69. The first-order valence-corrected chi connectivity index (χ1v) is 33.6. The molecule has 14 N–H and O–H groups in total. The molecule has 550 valence electrons. The molecule has 1 aromatic carbocycles. The maximum Gasteiger partial charge on any atom is 0.338 e. The molecule has 4 aliphatic carbocycles. The average Bonchev–Trinajstić information content (AvgIpc) is 1.56. The highest BCUT2D eigenvalue weighted by Gasteiger charge is 2.71. The molecule has 0 bridgehead atoms. The van der Waals surface area contributed by atoms with Crippen molar-refractivity contribution in [2.75, 3.05) is 47.3 Å². The maximum atomic E-state index is 14.5. The molecule has 10 rings (SSSR count). The lowest BCUT2D eigenvalue weighted by Gasteiger charge is -2.59. The fraction of sp³-hybridized carbons (Fsp3) is 0.833. The van der Waals surface area contributed by atoms with Gasteiger partial charge >= 0.3 is 11.9 Å². The van der Waals surface area contributed by atoms with E-state index in [0.29, 0.717) is 50.7 Å². The summed E-state index contributed by atoms with van der Waals surface area (Å²) >= 11 is 0. The lowest BCUT2D eigenvalue weighted by molar-refractivity contribution is -0.365. The number of carbonyl (C=O) groups excluding carboxylic acids is 3. The van der Waals surface area contributed by atoms with E-state index in [1.165, 1.54) is 32.4 Å². The molecule has 31 heteroatoms. The molecule has 5 aliphatic heterocycles. The van der Waals surface area contributed by atoms with E-state index >= 15 is 0 Å². The molecule has 0 aromatic heterocycles. The van der Waals surface area contributed by atoms with Crippen LogP contribution in [0.2, 0.25) is 0 Å². The van der Waals surface area contributed by atoms with Crippen LogP contribution in [0.5, 0.6) is 11.5 Å². The first-order valence-electron chi connectivity index (χ1n) is 33.6. The van der Waals surface area contributed by atoms with Gasteiger partial charge in [-0.3, -0.25) is 9.59 Å². The molecule has 2 unspecified atom stereocenters. The minimum Gasteiger partial charge on any atom is -0.493 e. The van der Waals surface area contributed by atoms with Gasteiger partial charge in [0, 0.05) is 24.7 Å². The van der Waals surface area contributed by atoms with Gasteiger partial charge in [-0.15, -0.1) is 0 Å². The van der Waals surface area contributed by atoms with E-state index in [1.807, 2.05) is 20.8 Å². The van der Waals surface area contributed by atoms with E-state index in [-0.39, 0.29) is 53.6 Å². The third-order valence-electron chi connectivity index (χ3n) is 22.4. The quantitative estimate of drug-likeness (QED) is 0.0398. The normalized spacial score (nSPS) is 45.6. The van der Waals surface area contributed by atoms with Crippen molar-refractivity contribution in [1.29, 1.82) is 0 Å². The number of fused-ring (bicyclic) bond motifs is 5. The van der Waals surface area contributed by atoms with Crippen molar-refractivity contribution in [2.45, 2.75) is 258 Å².